The molecule has 0 aromatic rings. The molecule has 4 N–H and O–H groups in total. The summed E-state index contributed by atoms with van der Waals surface area (Å²) in [5.74, 6) is 0. The molecule has 0 aromatic carbocycles. The number of hydrogen-bond donors (Lipinski definition) is 4. The Morgan fingerprint density at radius 3 is 2.33 bits per heavy atom. The fourth-order valence-electron chi connectivity index (χ4n) is 0.304. The highest BCUT2D eigenvalue weighted by atomic mass is 31.2. The van der Waals surface area contributed by atoms with Gasteiger partial charge in [0.25, 0.3) is 0 Å². The van der Waals surface area contributed by atoms with E-state index in [0.717, 1.165) is 0 Å². The molecular weight excluding hydrogens is 191 g/mol. The van der Waals surface area contributed by atoms with Crippen LogP contribution < -0.4 is 0 Å². The molecule has 0 fully saturated rings. The fourth-order valence-corrected chi connectivity index (χ4v) is 0.547. The minimum Gasteiger partial charge on any atom is -0.454 e. The maximum atomic E-state index is 10.3. The first-order valence-electron chi connectivity index (χ1n) is 2.89. The van der Waals surface area contributed by atoms with E-state index in [2.05, 4.69) is 4.74 Å². The molecule has 0 aliphatic rings. The molecule has 0 saturated heterocycles. The van der Waals surface area contributed by atoms with Crippen LogP contribution in [0.5, 0.6) is 0 Å². The van der Waals surface area contributed by atoms with E-state index in [-0.39, 0.29) is 0 Å². The van der Waals surface area contributed by atoms with Crippen molar-refractivity contribution in [3.8, 4) is 0 Å². The average molecular weight is 200 g/mol. The molecule has 0 aliphatic heterocycles. The third kappa shape index (κ3) is 4.42. The van der Waals surface area contributed by atoms with E-state index >= 15 is 0 Å². The van der Waals surface area contributed by atoms with Crippen molar-refractivity contribution in [2.45, 2.75) is 6.10 Å². The molecule has 8 heteroatoms. The first kappa shape index (κ1) is 11.5. The van der Waals surface area contributed by atoms with Crippen molar-refractivity contribution in [2.75, 3.05) is 13.2 Å². The number of carbonyl (C=O) groups is 1. The van der Waals surface area contributed by atoms with Crippen LogP contribution in [-0.4, -0.2) is 45.0 Å². The van der Waals surface area contributed by atoms with Gasteiger partial charge in [0.2, 0.25) is 0 Å². The van der Waals surface area contributed by atoms with E-state index in [1.165, 1.54) is 0 Å². The summed E-state index contributed by atoms with van der Waals surface area (Å²) in [5, 5.41) is 16.8. The second kappa shape index (κ2) is 4.54. The number of aliphatic hydroxyl groups excluding tert-OH is 2. The van der Waals surface area contributed by atoms with Crippen LogP contribution in [0.1, 0.15) is 0 Å². The van der Waals surface area contributed by atoms with Crippen molar-refractivity contribution < 1.29 is 34.1 Å². The van der Waals surface area contributed by atoms with Crippen LogP contribution in [0.4, 0.5) is 4.79 Å². The van der Waals surface area contributed by atoms with Gasteiger partial charge in [-0.2, -0.15) is 0 Å². The molecular formula is C4H9O7P. The van der Waals surface area contributed by atoms with Gasteiger partial charge in [0.1, 0.15) is 12.7 Å². The van der Waals surface area contributed by atoms with E-state index < -0.39 is 32.6 Å². The van der Waals surface area contributed by atoms with Crippen molar-refractivity contribution in [2.24, 2.45) is 0 Å². The zero-order chi connectivity index (χ0) is 9.78. The maximum absolute atomic E-state index is 10.3. The molecule has 0 heterocycles. The molecule has 1 atom stereocenters. The highest BCUT2D eigenvalue weighted by Crippen LogP contribution is 2.36. The van der Waals surface area contributed by atoms with E-state index in [4.69, 9.17) is 20.0 Å². The van der Waals surface area contributed by atoms with E-state index in [0.29, 0.717) is 0 Å². The Hall–Kier alpha value is -0.460. The molecule has 0 rings (SSSR count). The summed E-state index contributed by atoms with van der Waals surface area (Å²) in [6.07, 6.45) is -1.32. The van der Waals surface area contributed by atoms with E-state index in [9.17, 15) is 9.36 Å². The van der Waals surface area contributed by atoms with Gasteiger partial charge >= 0.3 is 13.3 Å². The number of carbonyl (C=O) groups excluding carboxylic acids is 1. The van der Waals surface area contributed by atoms with Gasteiger partial charge in [-0.25, -0.2) is 9.36 Å². The molecule has 0 aromatic heterocycles. The van der Waals surface area contributed by atoms with Crippen LogP contribution in [0.25, 0.3) is 0 Å². The number of aliphatic hydroxyl groups is 2. The van der Waals surface area contributed by atoms with Gasteiger partial charge in [-0.15, -0.1) is 0 Å². The highest BCUT2D eigenvalue weighted by Gasteiger charge is 2.28. The largest absolute Gasteiger partial charge is 0.454 e. The highest BCUT2D eigenvalue weighted by molar-refractivity contribution is 7.69. The standard InChI is InChI=1S/C4H9O7P/c5-1-3(6)2-11-4(7)12(8,9)10/h3,5-6H,1-2H2,(H2,8,9,10)/t3-/m0/s1. The lowest BCUT2D eigenvalue weighted by Crippen LogP contribution is -2.21. The zero-order valence-corrected chi connectivity index (χ0v) is 6.85. The van der Waals surface area contributed by atoms with Gasteiger partial charge in [0, 0.05) is 0 Å². The number of rotatable bonds is 4. The predicted molar refractivity (Wildman–Crippen MR) is 36.5 cm³/mol. The quantitative estimate of drug-likeness (QED) is 0.413. The van der Waals surface area contributed by atoms with Gasteiger partial charge < -0.3 is 24.7 Å². The Kier molecular flexibility index (Phi) is 4.36. The van der Waals surface area contributed by atoms with Crippen molar-refractivity contribution in [3.05, 3.63) is 0 Å². The van der Waals surface area contributed by atoms with Crippen molar-refractivity contribution in [1.29, 1.82) is 0 Å². The molecule has 0 bridgehead atoms. The summed E-state index contributed by atoms with van der Waals surface area (Å²) >= 11 is 0. The Balaban J connectivity index is 3.81. The molecule has 0 unspecified atom stereocenters. The zero-order valence-electron chi connectivity index (χ0n) is 5.95. The second-order valence-electron chi connectivity index (χ2n) is 1.96. The molecule has 7 nitrogen and oxygen atoms in total. The van der Waals surface area contributed by atoms with Crippen molar-refractivity contribution in [1.82, 2.24) is 0 Å². The number of hydrogen-bond acceptors (Lipinski definition) is 5. The Labute approximate surface area is 67.7 Å². The van der Waals surface area contributed by atoms with Crippen LogP contribution >= 0.6 is 7.60 Å². The van der Waals surface area contributed by atoms with Crippen LogP contribution in [0.2, 0.25) is 0 Å². The molecule has 12 heavy (non-hydrogen) atoms. The molecule has 0 spiro atoms. The van der Waals surface area contributed by atoms with Crippen LogP contribution in [0, 0.1) is 0 Å². The van der Waals surface area contributed by atoms with E-state index in [1.54, 1.807) is 0 Å². The minimum absolute atomic E-state index is 0.638. The molecule has 0 radical (unpaired) electrons. The first-order chi connectivity index (χ1) is 5.38. The Morgan fingerprint density at radius 2 is 2.00 bits per heavy atom. The predicted octanol–water partition coefficient (Wildman–Crippen LogP) is -1.35. The van der Waals surface area contributed by atoms with Crippen molar-refractivity contribution in [3.63, 3.8) is 0 Å². The van der Waals surface area contributed by atoms with E-state index in [1.807, 2.05) is 0 Å². The molecule has 0 saturated carbocycles. The van der Waals surface area contributed by atoms with Crippen LogP contribution in [0.15, 0.2) is 0 Å². The lowest BCUT2D eigenvalue weighted by atomic mass is 10.4. The van der Waals surface area contributed by atoms with Gasteiger partial charge in [-0.1, -0.05) is 0 Å². The monoisotopic (exact) mass is 200 g/mol. The first-order valence-corrected chi connectivity index (χ1v) is 4.51. The van der Waals surface area contributed by atoms with Gasteiger partial charge in [0.15, 0.2) is 0 Å². The second-order valence-corrected chi connectivity index (χ2v) is 3.41. The minimum atomic E-state index is -4.88. The summed E-state index contributed by atoms with van der Waals surface area (Å²) in [6, 6.07) is 0. The third-order valence-electron chi connectivity index (χ3n) is 0.848. The topological polar surface area (TPSA) is 124 Å². The van der Waals surface area contributed by atoms with Gasteiger partial charge in [-0.3, -0.25) is 0 Å². The Bertz CT molecular complexity index is 196. The molecule has 72 valence electrons. The average Bonchev–Trinajstić information content (AvgIpc) is 1.97. The normalized spacial score (nSPS) is 14.0. The molecule has 0 aliphatic carbocycles. The summed E-state index contributed by atoms with van der Waals surface area (Å²) in [5.41, 5.74) is -1.71. The van der Waals surface area contributed by atoms with Crippen LogP contribution in [-0.2, 0) is 9.30 Å². The maximum Gasteiger partial charge on any atom is 0.433 e. The lowest BCUT2D eigenvalue weighted by Gasteiger charge is -2.08. The third-order valence-corrected chi connectivity index (χ3v) is 1.45. The lowest BCUT2D eigenvalue weighted by molar-refractivity contribution is 0.0376. The van der Waals surface area contributed by atoms with Gasteiger partial charge in [-0.05, 0) is 0 Å². The summed E-state index contributed by atoms with van der Waals surface area (Å²) in [4.78, 5) is 26.6. The SMILES string of the molecule is O=C(OC[C@@H](O)CO)P(=O)(O)O. The molecule has 0 amide bonds. The summed E-state index contributed by atoms with van der Waals surface area (Å²) in [7, 11) is -4.88. The summed E-state index contributed by atoms with van der Waals surface area (Å²) < 4.78 is 14.1. The fraction of sp³-hybridized carbons (Fsp3) is 0.750. The smallest absolute Gasteiger partial charge is 0.433 e. The Morgan fingerprint density at radius 1 is 1.50 bits per heavy atom. The number of ether oxygens (including phenoxy) is 1. The summed E-state index contributed by atoms with van der Waals surface area (Å²) in [6.45, 7) is -1.28. The van der Waals surface area contributed by atoms with Crippen molar-refractivity contribution >= 4 is 13.3 Å². The van der Waals surface area contributed by atoms with Gasteiger partial charge in [0.05, 0.1) is 6.61 Å². The van der Waals surface area contributed by atoms with Crippen LogP contribution in [0.3, 0.4) is 0 Å².